The fourth-order valence-corrected chi connectivity index (χ4v) is 4.30. The van der Waals surface area contributed by atoms with Gasteiger partial charge in [-0.2, -0.15) is 13.2 Å². The molecule has 0 saturated heterocycles. The summed E-state index contributed by atoms with van der Waals surface area (Å²) in [4.78, 5) is 18.2. The summed E-state index contributed by atoms with van der Waals surface area (Å²) in [5.74, 6) is -0.0934. The second-order valence-corrected chi connectivity index (χ2v) is 8.16. The normalized spacial score (nSPS) is 16.2. The SMILES string of the molecule is COc1cc(-c2cn(C3CCc4ccccc4N(CC(F)(F)F)C3=O)nn2)ccc1-n1ccnc1. The predicted molar refractivity (Wildman–Crippen MR) is 121 cm³/mol. The van der Waals surface area contributed by atoms with Crippen LogP contribution < -0.4 is 9.64 Å². The minimum atomic E-state index is -4.54. The molecule has 1 amide bonds. The van der Waals surface area contributed by atoms with Crippen molar-refractivity contribution in [2.45, 2.75) is 25.1 Å². The van der Waals surface area contributed by atoms with Crippen molar-refractivity contribution in [2.75, 3.05) is 18.6 Å². The molecule has 0 spiro atoms. The molecule has 1 aliphatic heterocycles. The van der Waals surface area contributed by atoms with E-state index in [1.807, 2.05) is 12.1 Å². The molecule has 0 aliphatic carbocycles. The maximum Gasteiger partial charge on any atom is 0.406 e. The van der Waals surface area contributed by atoms with Gasteiger partial charge in [0.25, 0.3) is 5.91 Å². The summed E-state index contributed by atoms with van der Waals surface area (Å²) in [7, 11) is 1.55. The monoisotopic (exact) mass is 482 g/mol. The van der Waals surface area contributed by atoms with E-state index in [0.717, 1.165) is 10.6 Å². The highest BCUT2D eigenvalue weighted by Gasteiger charge is 2.39. The first-order valence-corrected chi connectivity index (χ1v) is 10.9. The van der Waals surface area contributed by atoms with Gasteiger partial charge in [-0.15, -0.1) is 5.10 Å². The number of anilines is 1. The van der Waals surface area contributed by atoms with Crippen molar-refractivity contribution in [1.82, 2.24) is 24.5 Å². The molecule has 3 heterocycles. The number of fused-ring (bicyclic) bond motifs is 1. The molecule has 1 atom stereocenters. The third-order valence-electron chi connectivity index (χ3n) is 5.95. The van der Waals surface area contributed by atoms with Gasteiger partial charge in [-0.1, -0.05) is 29.5 Å². The van der Waals surface area contributed by atoms with E-state index in [0.29, 0.717) is 35.4 Å². The van der Waals surface area contributed by atoms with Crippen LogP contribution in [0.15, 0.2) is 67.4 Å². The van der Waals surface area contributed by atoms with Gasteiger partial charge in [-0.25, -0.2) is 9.67 Å². The summed E-state index contributed by atoms with van der Waals surface area (Å²) >= 11 is 0. The van der Waals surface area contributed by atoms with E-state index in [2.05, 4.69) is 15.3 Å². The number of para-hydroxylation sites is 1. The van der Waals surface area contributed by atoms with Gasteiger partial charge in [0.2, 0.25) is 0 Å². The molecule has 8 nitrogen and oxygen atoms in total. The molecule has 0 saturated carbocycles. The zero-order chi connectivity index (χ0) is 24.6. The summed E-state index contributed by atoms with van der Waals surface area (Å²) in [6.07, 6.45) is 2.86. The Morgan fingerprint density at radius 1 is 1.14 bits per heavy atom. The lowest BCUT2D eigenvalue weighted by molar-refractivity contribution is -0.134. The number of hydrogen-bond acceptors (Lipinski definition) is 5. The van der Waals surface area contributed by atoms with Crippen LogP contribution >= 0.6 is 0 Å². The topological polar surface area (TPSA) is 78.1 Å². The molecule has 0 N–H and O–H groups in total. The van der Waals surface area contributed by atoms with Gasteiger partial charge in [0.05, 0.1) is 25.3 Å². The first kappa shape index (κ1) is 22.6. The molecule has 4 aromatic rings. The minimum Gasteiger partial charge on any atom is -0.495 e. The number of ether oxygens (including phenoxy) is 1. The second-order valence-electron chi connectivity index (χ2n) is 8.16. The van der Waals surface area contributed by atoms with Gasteiger partial charge < -0.3 is 14.2 Å². The lowest BCUT2D eigenvalue weighted by Crippen LogP contribution is -2.42. The number of hydrogen-bond donors (Lipinski definition) is 0. The van der Waals surface area contributed by atoms with Gasteiger partial charge in [-0.05, 0) is 36.6 Å². The fourth-order valence-electron chi connectivity index (χ4n) is 4.30. The molecule has 5 rings (SSSR count). The highest BCUT2D eigenvalue weighted by molar-refractivity contribution is 5.97. The molecule has 0 bridgehead atoms. The number of methoxy groups -OCH3 is 1. The molecule has 0 fully saturated rings. The average molecular weight is 482 g/mol. The van der Waals surface area contributed by atoms with Crippen molar-refractivity contribution in [3.8, 4) is 22.7 Å². The van der Waals surface area contributed by atoms with E-state index >= 15 is 0 Å². The van der Waals surface area contributed by atoms with Crippen LogP contribution in [0.5, 0.6) is 5.75 Å². The van der Waals surface area contributed by atoms with Crippen LogP contribution in [0.2, 0.25) is 0 Å². The summed E-state index contributed by atoms with van der Waals surface area (Å²) in [5, 5.41) is 8.30. The Morgan fingerprint density at radius 2 is 1.97 bits per heavy atom. The molecule has 2 aromatic carbocycles. The van der Waals surface area contributed by atoms with Crippen LogP contribution in [0.3, 0.4) is 0 Å². The molecule has 35 heavy (non-hydrogen) atoms. The van der Waals surface area contributed by atoms with Crippen molar-refractivity contribution in [1.29, 1.82) is 0 Å². The molecule has 1 aliphatic rings. The van der Waals surface area contributed by atoms with E-state index in [4.69, 9.17) is 4.74 Å². The molecule has 1 unspecified atom stereocenters. The van der Waals surface area contributed by atoms with Crippen molar-refractivity contribution in [2.24, 2.45) is 0 Å². The van der Waals surface area contributed by atoms with Crippen LogP contribution in [-0.2, 0) is 11.2 Å². The first-order valence-electron chi connectivity index (χ1n) is 10.9. The smallest absolute Gasteiger partial charge is 0.406 e. The van der Waals surface area contributed by atoms with Crippen LogP contribution in [-0.4, -0.2) is 50.3 Å². The number of halogens is 3. The number of imidazole rings is 1. The van der Waals surface area contributed by atoms with Gasteiger partial charge in [0, 0.05) is 23.6 Å². The number of benzene rings is 2. The molecule has 2 aromatic heterocycles. The number of carbonyl (C=O) groups is 1. The summed E-state index contributed by atoms with van der Waals surface area (Å²) in [6, 6.07) is 11.2. The number of amides is 1. The number of rotatable bonds is 5. The van der Waals surface area contributed by atoms with Crippen molar-refractivity contribution in [3.05, 3.63) is 72.9 Å². The number of alkyl halides is 3. The minimum absolute atomic E-state index is 0.275. The van der Waals surface area contributed by atoms with E-state index in [-0.39, 0.29) is 5.69 Å². The maximum atomic E-state index is 13.4. The Kier molecular flexibility index (Phi) is 5.75. The highest BCUT2D eigenvalue weighted by atomic mass is 19.4. The van der Waals surface area contributed by atoms with E-state index in [1.165, 1.54) is 4.68 Å². The number of aryl methyl sites for hydroxylation is 1. The highest BCUT2D eigenvalue weighted by Crippen LogP contribution is 2.34. The molecule has 0 radical (unpaired) electrons. The Balaban J connectivity index is 1.47. The summed E-state index contributed by atoms with van der Waals surface area (Å²) in [6.45, 7) is -1.37. The fraction of sp³-hybridized carbons (Fsp3) is 0.250. The Labute approximate surface area is 198 Å². The molecular weight excluding hydrogens is 461 g/mol. The predicted octanol–water partition coefficient (Wildman–Crippen LogP) is 4.22. The van der Waals surface area contributed by atoms with Crippen LogP contribution in [0.25, 0.3) is 16.9 Å². The largest absolute Gasteiger partial charge is 0.495 e. The Hall–Kier alpha value is -4.15. The van der Waals surface area contributed by atoms with E-state index in [9.17, 15) is 18.0 Å². The Morgan fingerprint density at radius 3 is 2.71 bits per heavy atom. The average Bonchev–Trinajstić information content (AvgIpc) is 3.53. The zero-order valence-electron chi connectivity index (χ0n) is 18.7. The molecule has 180 valence electrons. The number of aromatic nitrogens is 5. The molecular formula is C24H21F3N6O2. The van der Waals surface area contributed by atoms with Crippen LogP contribution in [0.4, 0.5) is 18.9 Å². The third kappa shape index (κ3) is 4.48. The number of carbonyl (C=O) groups excluding carboxylic acids is 1. The second kappa shape index (κ2) is 8.90. The van der Waals surface area contributed by atoms with Crippen molar-refractivity contribution in [3.63, 3.8) is 0 Å². The summed E-state index contributed by atoms with van der Waals surface area (Å²) in [5.41, 5.74) is 2.90. The first-order chi connectivity index (χ1) is 16.8. The van der Waals surface area contributed by atoms with E-state index < -0.39 is 24.7 Å². The summed E-state index contributed by atoms with van der Waals surface area (Å²) < 4.78 is 48.7. The molecule has 11 heteroatoms. The van der Waals surface area contributed by atoms with Crippen LogP contribution in [0, 0.1) is 0 Å². The zero-order valence-corrected chi connectivity index (χ0v) is 18.7. The number of nitrogens with zero attached hydrogens (tertiary/aromatic N) is 6. The third-order valence-corrected chi connectivity index (χ3v) is 5.95. The van der Waals surface area contributed by atoms with Crippen molar-refractivity contribution < 1.29 is 22.7 Å². The van der Waals surface area contributed by atoms with Gasteiger partial charge in [0.1, 0.15) is 24.0 Å². The van der Waals surface area contributed by atoms with Gasteiger partial charge >= 0.3 is 6.18 Å². The lowest BCUT2D eigenvalue weighted by Gasteiger charge is -2.26. The van der Waals surface area contributed by atoms with E-state index in [1.54, 1.807) is 66.9 Å². The Bertz CT molecular complexity index is 1350. The maximum absolute atomic E-state index is 13.4. The standard InChI is InChI=1S/C24H21F3N6O2/c1-35-22-12-17(7-8-20(22)31-11-10-28-15-31)18-13-33(30-29-18)21-9-6-16-4-2-3-5-19(16)32(23(21)34)14-24(25,26)27/h2-5,7-8,10-13,15,21H,6,9,14H2,1H3. The lowest BCUT2D eigenvalue weighted by atomic mass is 10.1. The van der Waals surface area contributed by atoms with Crippen LogP contribution in [0.1, 0.15) is 18.0 Å². The van der Waals surface area contributed by atoms with Gasteiger partial charge in [0.15, 0.2) is 0 Å². The van der Waals surface area contributed by atoms with Gasteiger partial charge in [-0.3, -0.25) is 4.79 Å². The quantitative estimate of drug-likeness (QED) is 0.426. The van der Waals surface area contributed by atoms with Crippen molar-refractivity contribution >= 4 is 11.6 Å².